The number of halogens is 1. The number of pyridine rings is 1. The van der Waals surface area contributed by atoms with E-state index >= 15 is 0 Å². The van der Waals surface area contributed by atoms with Gasteiger partial charge in [-0.3, -0.25) is 14.7 Å². The number of nitrogens with one attached hydrogen (secondary N) is 1. The quantitative estimate of drug-likeness (QED) is 0.734. The van der Waals surface area contributed by atoms with Gasteiger partial charge in [-0.15, -0.1) is 4.31 Å². The Kier molecular flexibility index (Phi) is 4.55. The number of rotatable bonds is 5. The number of nitrogens with zero attached hydrogens (tertiary/aromatic N) is 3. The maximum atomic E-state index is 13.1. The molecule has 3 aliphatic rings. The summed E-state index contributed by atoms with van der Waals surface area (Å²) in [5.41, 5.74) is 2.68. The highest BCUT2D eigenvalue weighted by atomic mass is 35.5. The molecule has 1 saturated heterocycles. The number of fused-ring (bicyclic) bond motifs is 1. The molecule has 0 spiro atoms. The van der Waals surface area contributed by atoms with Crippen LogP contribution < -0.4 is 10.2 Å². The summed E-state index contributed by atoms with van der Waals surface area (Å²) in [6.45, 7) is 5.57. The van der Waals surface area contributed by atoms with Crippen molar-refractivity contribution in [1.29, 1.82) is 0 Å². The van der Waals surface area contributed by atoms with Gasteiger partial charge < -0.3 is 9.87 Å². The first kappa shape index (κ1) is 19.2. The summed E-state index contributed by atoms with van der Waals surface area (Å²) in [5.74, 6) is -0.0460. The summed E-state index contributed by atoms with van der Waals surface area (Å²) in [4.78, 5) is 19.2. The van der Waals surface area contributed by atoms with Gasteiger partial charge in [0.25, 0.3) is 5.91 Å². The van der Waals surface area contributed by atoms with Crippen molar-refractivity contribution in [2.45, 2.75) is 43.5 Å². The molecule has 1 aromatic heterocycles. The number of hydrogen-bond donors (Lipinski definition) is 1. The Morgan fingerprint density at radius 2 is 2.00 bits per heavy atom. The molecule has 1 unspecified atom stereocenters. The van der Waals surface area contributed by atoms with Gasteiger partial charge in [-0.1, -0.05) is 11.6 Å². The fraction of sp³-hybridized carbons (Fsp3) is 0.429. The summed E-state index contributed by atoms with van der Waals surface area (Å²) < 4.78 is 14.2. The molecular formula is C21H23ClN4O2S. The minimum atomic E-state index is -0.829. The van der Waals surface area contributed by atoms with Crippen molar-refractivity contribution in [1.82, 2.24) is 9.29 Å². The molecule has 1 amide bonds. The number of carbonyl (C=O) groups is 1. The zero-order valence-corrected chi connectivity index (χ0v) is 18.0. The zero-order valence-electron chi connectivity index (χ0n) is 16.4. The van der Waals surface area contributed by atoms with E-state index in [2.05, 4.69) is 10.3 Å². The van der Waals surface area contributed by atoms with E-state index in [-0.39, 0.29) is 11.9 Å². The second-order valence-electron chi connectivity index (χ2n) is 8.49. The van der Waals surface area contributed by atoms with Crippen LogP contribution in [0.3, 0.4) is 0 Å². The SMILES string of the molecule is CC1(C)c2cc(Cl)ccc2C(=O)N1c1cncc(NC2CN([S+]([O-])C3CC3)C2)c1. The summed E-state index contributed by atoms with van der Waals surface area (Å²) in [6.07, 6.45) is 5.65. The van der Waals surface area contributed by atoms with Crippen LogP contribution in [0.2, 0.25) is 5.02 Å². The van der Waals surface area contributed by atoms with Crippen molar-refractivity contribution in [3.63, 3.8) is 0 Å². The highest BCUT2D eigenvalue weighted by molar-refractivity contribution is 7.90. The molecule has 0 bridgehead atoms. The van der Waals surface area contributed by atoms with Crippen molar-refractivity contribution < 1.29 is 9.35 Å². The van der Waals surface area contributed by atoms with Gasteiger partial charge in [-0.2, -0.15) is 0 Å². The molecular weight excluding hydrogens is 408 g/mol. The number of amides is 1. The predicted molar refractivity (Wildman–Crippen MR) is 116 cm³/mol. The smallest absolute Gasteiger partial charge is 0.259 e. The van der Waals surface area contributed by atoms with Gasteiger partial charge in [0.05, 0.1) is 48.4 Å². The van der Waals surface area contributed by atoms with Crippen LogP contribution in [-0.2, 0) is 16.9 Å². The van der Waals surface area contributed by atoms with Gasteiger partial charge >= 0.3 is 0 Å². The molecule has 1 N–H and O–H groups in total. The summed E-state index contributed by atoms with van der Waals surface area (Å²) in [7, 11) is 0. The number of benzene rings is 1. The Morgan fingerprint density at radius 1 is 1.24 bits per heavy atom. The Balaban J connectivity index is 1.33. The Bertz CT molecular complexity index is 975. The van der Waals surface area contributed by atoms with Crippen LogP contribution in [0.1, 0.15) is 42.6 Å². The van der Waals surface area contributed by atoms with Gasteiger partial charge in [0.1, 0.15) is 5.25 Å². The average molecular weight is 431 g/mol. The number of carbonyl (C=O) groups excluding carboxylic acids is 1. The third kappa shape index (κ3) is 3.30. The molecule has 5 rings (SSSR count). The second kappa shape index (κ2) is 6.87. The molecule has 1 atom stereocenters. The van der Waals surface area contributed by atoms with E-state index in [9.17, 15) is 9.35 Å². The molecule has 152 valence electrons. The largest absolute Gasteiger partial charge is 0.598 e. The summed E-state index contributed by atoms with van der Waals surface area (Å²) >= 11 is 5.35. The monoisotopic (exact) mass is 430 g/mol. The standard InChI is InChI=1S/C21H23ClN4O2S/c1-21(2)19-7-13(22)3-6-18(19)20(27)26(21)16-8-14(9-23-10-16)24-15-11-25(12-15)29(28)17-4-5-17/h3,6-10,15,17,24H,4-5,11-12H2,1-2H3. The van der Waals surface area contributed by atoms with Crippen LogP contribution in [-0.4, -0.2) is 44.1 Å². The van der Waals surface area contributed by atoms with Crippen LogP contribution in [0.5, 0.6) is 0 Å². The first-order valence-corrected chi connectivity index (χ1v) is 11.4. The van der Waals surface area contributed by atoms with E-state index in [0.717, 1.165) is 42.9 Å². The Hall–Kier alpha value is -1.80. The van der Waals surface area contributed by atoms with Gasteiger partial charge in [0.15, 0.2) is 0 Å². The van der Waals surface area contributed by atoms with E-state index < -0.39 is 16.9 Å². The molecule has 1 aliphatic carbocycles. The van der Waals surface area contributed by atoms with Crippen molar-refractivity contribution in [3.05, 3.63) is 52.8 Å². The van der Waals surface area contributed by atoms with Crippen LogP contribution in [0, 0.1) is 0 Å². The number of aromatic nitrogens is 1. The van der Waals surface area contributed by atoms with Crippen LogP contribution in [0.4, 0.5) is 11.4 Å². The lowest BCUT2D eigenvalue weighted by molar-refractivity contribution is 0.0982. The molecule has 0 radical (unpaired) electrons. The first-order valence-electron chi connectivity index (χ1n) is 9.86. The number of hydrogen-bond acceptors (Lipinski definition) is 5. The fourth-order valence-electron chi connectivity index (χ4n) is 4.17. The van der Waals surface area contributed by atoms with Gasteiger partial charge in [-0.25, -0.2) is 0 Å². The average Bonchev–Trinajstić information content (AvgIpc) is 3.46. The maximum Gasteiger partial charge on any atom is 0.259 e. The van der Waals surface area contributed by atoms with E-state index in [1.54, 1.807) is 29.4 Å². The van der Waals surface area contributed by atoms with Crippen molar-refractivity contribution >= 4 is 40.2 Å². The summed E-state index contributed by atoms with van der Waals surface area (Å²) in [5, 5.41) is 4.46. The minimum absolute atomic E-state index is 0.0460. The highest BCUT2D eigenvalue weighted by Crippen LogP contribution is 2.43. The topological polar surface area (TPSA) is 71.5 Å². The fourth-order valence-corrected chi connectivity index (χ4v) is 5.95. The van der Waals surface area contributed by atoms with Crippen LogP contribution >= 0.6 is 11.6 Å². The Labute approximate surface area is 178 Å². The molecule has 2 aromatic rings. The number of anilines is 2. The molecule has 1 saturated carbocycles. The van der Waals surface area contributed by atoms with Crippen molar-refractivity contribution in [3.8, 4) is 0 Å². The van der Waals surface area contributed by atoms with Gasteiger partial charge in [-0.05, 0) is 43.7 Å². The lowest BCUT2D eigenvalue weighted by atomic mass is 9.93. The normalized spacial score (nSPS) is 22.3. The van der Waals surface area contributed by atoms with E-state index in [4.69, 9.17) is 11.6 Å². The van der Waals surface area contributed by atoms with Crippen molar-refractivity contribution in [2.75, 3.05) is 23.3 Å². The van der Waals surface area contributed by atoms with Crippen LogP contribution in [0.15, 0.2) is 36.7 Å². The van der Waals surface area contributed by atoms with E-state index in [0.29, 0.717) is 15.8 Å². The molecule has 2 fully saturated rings. The van der Waals surface area contributed by atoms with Gasteiger partial charge in [0.2, 0.25) is 0 Å². The second-order valence-corrected chi connectivity index (χ2v) is 10.7. The van der Waals surface area contributed by atoms with Crippen LogP contribution in [0.25, 0.3) is 0 Å². The third-order valence-corrected chi connectivity index (χ3v) is 7.98. The Morgan fingerprint density at radius 3 is 2.72 bits per heavy atom. The molecule has 8 heteroatoms. The minimum Gasteiger partial charge on any atom is -0.598 e. The van der Waals surface area contributed by atoms with E-state index in [1.165, 1.54) is 0 Å². The maximum absolute atomic E-state index is 13.1. The lowest BCUT2D eigenvalue weighted by Gasteiger charge is -2.39. The molecule has 1 aromatic carbocycles. The lowest BCUT2D eigenvalue weighted by Crippen LogP contribution is -2.57. The third-order valence-electron chi connectivity index (χ3n) is 5.90. The van der Waals surface area contributed by atoms with Crippen molar-refractivity contribution in [2.24, 2.45) is 0 Å². The highest BCUT2D eigenvalue weighted by Gasteiger charge is 2.45. The molecule has 2 aliphatic heterocycles. The molecule has 3 heterocycles. The zero-order chi connectivity index (χ0) is 20.3. The molecule has 6 nitrogen and oxygen atoms in total. The van der Waals surface area contributed by atoms with E-state index in [1.807, 2.05) is 30.3 Å². The first-order chi connectivity index (χ1) is 13.8. The molecule has 29 heavy (non-hydrogen) atoms. The van der Waals surface area contributed by atoms with Gasteiger partial charge in [0, 0.05) is 34.8 Å². The summed E-state index contributed by atoms with van der Waals surface area (Å²) in [6, 6.07) is 7.61. The predicted octanol–water partition coefficient (Wildman–Crippen LogP) is 3.55.